The molecule has 1 atom stereocenters. The van der Waals surface area contributed by atoms with E-state index in [1.165, 1.54) is 12.1 Å². The highest BCUT2D eigenvalue weighted by atomic mass is 35.5. The fourth-order valence-electron chi connectivity index (χ4n) is 1.22. The lowest BCUT2D eigenvalue weighted by Gasteiger charge is -2.11. The number of rotatable bonds is 3. The van der Waals surface area contributed by atoms with Gasteiger partial charge in [-0.05, 0) is 38.6 Å². The Balaban J connectivity index is 2.98. The van der Waals surface area contributed by atoms with E-state index in [1.807, 2.05) is 20.0 Å². The maximum atomic E-state index is 12.8. The van der Waals surface area contributed by atoms with Gasteiger partial charge in [-0.3, -0.25) is 0 Å². The minimum atomic E-state index is -0.309. The molecule has 0 heterocycles. The van der Waals surface area contributed by atoms with Crippen molar-refractivity contribution in [2.75, 3.05) is 7.05 Å². The van der Waals surface area contributed by atoms with Crippen LogP contribution in [-0.4, -0.2) is 13.1 Å². The van der Waals surface area contributed by atoms with Gasteiger partial charge in [-0.2, -0.15) is 0 Å². The molecule has 1 aromatic rings. The molecule has 82 valence electrons. The Morgan fingerprint density at radius 1 is 1.53 bits per heavy atom. The summed E-state index contributed by atoms with van der Waals surface area (Å²) in [5.41, 5.74) is 2.00. The first-order chi connectivity index (χ1) is 7.04. The van der Waals surface area contributed by atoms with Crippen molar-refractivity contribution in [1.82, 2.24) is 5.32 Å². The molecule has 3 heteroatoms. The third kappa shape index (κ3) is 3.33. The van der Waals surface area contributed by atoms with Crippen LogP contribution < -0.4 is 5.32 Å². The number of nitrogens with one attached hydrogen (secondary N) is 1. The fraction of sp³-hybridized carbons (Fsp3) is 0.333. The Morgan fingerprint density at radius 3 is 2.73 bits per heavy atom. The molecule has 0 aromatic heterocycles. The van der Waals surface area contributed by atoms with E-state index in [9.17, 15) is 4.39 Å². The van der Waals surface area contributed by atoms with Crippen molar-refractivity contribution in [3.05, 3.63) is 40.2 Å². The van der Waals surface area contributed by atoms with Crippen molar-refractivity contribution >= 4 is 17.7 Å². The van der Waals surface area contributed by atoms with Crippen molar-refractivity contribution in [3.8, 4) is 0 Å². The summed E-state index contributed by atoms with van der Waals surface area (Å²) in [6.45, 7) is 4.07. The van der Waals surface area contributed by atoms with Crippen LogP contribution in [0.1, 0.15) is 19.4 Å². The molecule has 1 aromatic carbocycles. The van der Waals surface area contributed by atoms with Gasteiger partial charge in [0.25, 0.3) is 0 Å². The Morgan fingerprint density at radius 2 is 2.20 bits per heavy atom. The van der Waals surface area contributed by atoms with Crippen LogP contribution in [0.4, 0.5) is 4.39 Å². The van der Waals surface area contributed by atoms with E-state index >= 15 is 0 Å². The van der Waals surface area contributed by atoms with Crippen LogP contribution in [0.25, 0.3) is 6.08 Å². The molecule has 1 N–H and O–H groups in total. The molecule has 1 nitrogen and oxygen atoms in total. The predicted octanol–water partition coefficient (Wildman–Crippen LogP) is 3.49. The summed E-state index contributed by atoms with van der Waals surface area (Å²) in [7, 11) is 1.90. The van der Waals surface area contributed by atoms with E-state index in [0.29, 0.717) is 5.02 Å². The van der Waals surface area contributed by atoms with Crippen LogP contribution in [0.3, 0.4) is 0 Å². The Labute approximate surface area is 95.0 Å². The van der Waals surface area contributed by atoms with E-state index in [0.717, 1.165) is 11.1 Å². The topological polar surface area (TPSA) is 12.0 Å². The molecule has 15 heavy (non-hydrogen) atoms. The molecule has 1 unspecified atom stereocenters. The standard InChI is InChI=1S/C12H15ClFN/c1-8(9(2)15-3)6-10-4-5-11(14)7-12(10)13/h4-7,9,15H,1-3H3/b8-6+. The summed E-state index contributed by atoms with van der Waals surface area (Å²) in [6, 6.07) is 4.70. The molecule has 0 aliphatic heterocycles. The van der Waals surface area contributed by atoms with E-state index in [-0.39, 0.29) is 11.9 Å². The number of likely N-dealkylation sites (N-methyl/N-ethyl adjacent to an activating group) is 1. The van der Waals surface area contributed by atoms with E-state index in [2.05, 4.69) is 12.2 Å². The van der Waals surface area contributed by atoms with Crippen molar-refractivity contribution in [2.45, 2.75) is 19.9 Å². The van der Waals surface area contributed by atoms with Gasteiger partial charge in [-0.25, -0.2) is 4.39 Å². The lowest BCUT2D eigenvalue weighted by atomic mass is 10.1. The highest BCUT2D eigenvalue weighted by Gasteiger charge is 2.03. The average Bonchev–Trinajstić information content (AvgIpc) is 2.20. The van der Waals surface area contributed by atoms with Crippen LogP contribution in [0.5, 0.6) is 0 Å². The zero-order valence-electron chi connectivity index (χ0n) is 9.14. The normalized spacial score (nSPS) is 14.1. The largest absolute Gasteiger partial charge is 0.314 e. The highest BCUT2D eigenvalue weighted by Crippen LogP contribution is 2.20. The molecule has 0 aliphatic carbocycles. The van der Waals surface area contributed by atoms with Gasteiger partial charge in [0.05, 0.1) is 5.02 Å². The molecule has 0 fully saturated rings. The van der Waals surface area contributed by atoms with Crippen molar-refractivity contribution in [1.29, 1.82) is 0 Å². The van der Waals surface area contributed by atoms with E-state index in [1.54, 1.807) is 6.07 Å². The Kier molecular flexibility index (Phi) is 4.30. The van der Waals surface area contributed by atoms with E-state index < -0.39 is 0 Å². The summed E-state index contributed by atoms with van der Waals surface area (Å²) in [5, 5.41) is 3.57. The van der Waals surface area contributed by atoms with Gasteiger partial charge in [0.15, 0.2) is 0 Å². The van der Waals surface area contributed by atoms with Crippen LogP contribution in [-0.2, 0) is 0 Å². The van der Waals surface area contributed by atoms with Crippen LogP contribution >= 0.6 is 11.6 Å². The van der Waals surface area contributed by atoms with Gasteiger partial charge in [0.1, 0.15) is 5.82 Å². The molecular weight excluding hydrogens is 213 g/mol. The van der Waals surface area contributed by atoms with Gasteiger partial charge < -0.3 is 5.32 Å². The second kappa shape index (κ2) is 5.29. The number of benzene rings is 1. The zero-order chi connectivity index (χ0) is 11.4. The molecule has 0 saturated heterocycles. The molecule has 0 spiro atoms. The quantitative estimate of drug-likeness (QED) is 0.834. The zero-order valence-corrected chi connectivity index (χ0v) is 9.90. The average molecular weight is 228 g/mol. The maximum absolute atomic E-state index is 12.8. The SMILES string of the molecule is CNC(C)/C(C)=C/c1ccc(F)cc1Cl. The maximum Gasteiger partial charge on any atom is 0.124 e. The second-order valence-electron chi connectivity index (χ2n) is 3.56. The van der Waals surface area contributed by atoms with Gasteiger partial charge in [-0.1, -0.05) is 29.3 Å². The first kappa shape index (κ1) is 12.2. The number of hydrogen-bond donors (Lipinski definition) is 1. The summed E-state index contributed by atoms with van der Waals surface area (Å²) in [6.07, 6.45) is 1.96. The van der Waals surface area contributed by atoms with Crippen molar-refractivity contribution in [3.63, 3.8) is 0 Å². The van der Waals surface area contributed by atoms with Gasteiger partial charge in [-0.15, -0.1) is 0 Å². The molecule has 0 radical (unpaired) electrons. The van der Waals surface area contributed by atoms with E-state index in [4.69, 9.17) is 11.6 Å². The molecular formula is C12H15ClFN. The molecule has 0 amide bonds. The summed E-state index contributed by atoms with van der Waals surface area (Å²) in [5.74, 6) is -0.309. The van der Waals surface area contributed by atoms with Crippen molar-refractivity contribution in [2.24, 2.45) is 0 Å². The first-order valence-corrected chi connectivity index (χ1v) is 5.23. The third-order valence-corrected chi connectivity index (χ3v) is 2.79. The molecule has 0 bridgehead atoms. The summed E-state index contributed by atoms with van der Waals surface area (Å²) < 4.78 is 12.8. The Hall–Kier alpha value is -0.860. The number of hydrogen-bond acceptors (Lipinski definition) is 1. The summed E-state index contributed by atoms with van der Waals surface area (Å²) in [4.78, 5) is 0. The second-order valence-corrected chi connectivity index (χ2v) is 3.97. The molecule has 0 aliphatic rings. The first-order valence-electron chi connectivity index (χ1n) is 4.85. The lowest BCUT2D eigenvalue weighted by molar-refractivity contribution is 0.628. The minimum absolute atomic E-state index is 0.283. The van der Waals surface area contributed by atoms with Crippen molar-refractivity contribution < 1.29 is 4.39 Å². The van der Waals surface area contributed by atoms with Gasteiger partial charge in [0, 0.05) is 6.04 Å². The predicted molar refractivity (Wildman–Crippen MR) is 63.6 cm³/mol. The van der Waals surface area contributed by atoms with Crippen LogP contribution in [0.15, 0.2) is 23.8 Å². The Bertz CT molecular complexity index is 374. The summed E-state index contributed by atoms with van der Waals surface area (Å²) >= 11 is 5.92. The molecule has 1 rings (SSSR count). The minimum Gasteiger partial charge on any atom is -0.314 e. The van der Waals surface area contributed by atoms with Gasteiger partial charge >= 0.3 is 0 Å². The highest BCUT2D eigenvalue weighted by molar-refractivity contribution is 6.32. The molecule has 0 saturated carbocycles. The lowest BCUT2D eigenvalue weighted by Crippen LogP contribution is -2.21. The fourth-order valence-corrected chi connectivity index (χ4v) is 1.44. The van der Waals surface area contributed by atoms with Crippen LogP contribution in [0.2, 0.25) is 5.02 Å². The van der Waals surface area contributed by atoms with Crippen LogP contribution in [0, 0.1) is 5.82 Å². The van der Waals surface area contributed by atoms with Gasteiger partial charge in [0.2, 0.25) is 0 Å². The third-order valence-electron chi connectivity index (χ3n) is 2.46. The number of halogens is 2. The monoisotopic (exact) mass is 227 g/mol. The smallest absolute Gasteiger partial charge is 0.124 e.